The Morgan fingerprint density at radius 2 is 1.46 bits per heavy atom. The SMILES string of the molecule is CN(C)CCC(CCN(C)C)(c1ccc(Cl)cc1)c1ccccn1. The maximum Gasteiger partial charge on any atom is 0.0510 e. The molecule has 0 saturated carbocycles. The van der Waals surface area contributed by atoms with Crippen LogP contribution >= 0.6 is 11.6 Å². The maximum absolute atomic E-state index is 6.13. The average Bonchev–Trinajstić information content (AvgIpc) is 2.57. The molecule has 0 fully saturated rings. The van der Waals surface area contributed by atoms with E-state index in [0.717, 1.165) is 36.6 Å². The lowest BCUT2D eigenvalue weighted by Crippen LogP contribution is -2.36. The van der Waals surface area contributed by atoms with Gasteiger partial charge in [0.15, 0.2) is 0 Å². The highest BCUT2D eigenvalue weighted by Crippen LogP contribution is 2.38. The van der Waals surface area contributed by atoms with Crippen LogP contribution in [0.3, 0.4) is 0 Å². The van der Waals surface area contributed by atoms with Crippen LogP contribution < -0.4 is 0 Å². The van der Waals surface area contributed by atoms with E-state index in [9.17, 15) is 0 Å². The molecule has 0 aliphatic heterocycles. The van der Waals surface area contributed by atoms with Crippen molar-refractivity contribution in [3.8, 4) is 0 Å². The molecule has 1 aromatic carbocycles. The third-order valence-electron chi connectivity index (χ3n) is 4.52. The summed E-state index contributed by atoms with van der Waals surface area (Å²) < 4.78 is 0. The van der Waals surface area contributed by atoms with Crippen LogP contribution in [-0.4, -0.2) is 56.1 Å². The minimum Gasteiger partial charge on any atom is -0.309 e. The van der Waals surface area contributed by atoms with Gasteiger partial charge in [-0.05, 0) is 84.0 Å². The van der Waals surface area contributed by atoms with Crippen LogP contribution in [0.5, 0.6) is 0 Å². The van der Waals surface area contributed by atoms with E-state index in [1.165, 1.54) is 5.56 Å². The number of aromatic nitrogens is 1. The molecule has 24 heavy (non-hydrogen) atoms. The molecule has 0 atom stereocenters. The molecule has 4 heteroatoms. The first kappa shape index (κ1) is 18.9. The molecule has 0 spiro atoms. The number of hydrogen-bond donors (Lipinski definition) is 0. The van der Waals surface area contributed by atoms with E-state index in [-0.39, 0.29) is 5.41 Å². The van der Waals surface area contributed by atoms with E-state index in [2.05, 4.69) is 62.3 Å². The average molecular weight is 346 g/mol. The quantitative estimate of drug-likeness (QED) is 0.722. The molecule has 0 unspecified atom stereocenters. The molecule has 1 aromatic heterocycles. The van der Waals surface area contributed by atoms with Gasteiger partial charge in [-0.1, -0.05) is 29.8 Å². The third kappa shape index (κ3) is 4.79. The van der Waals surface area contributed by atoms with Gasteiger partial charge in [0, 0.05) is 16.6 Å². The fraction of sp³-hybridized carbons (Fsp3) is 0.450. The maximum atomic E-state index is 6.13. The van der Waals surface area contributed by atoms with Gasteiger partial charge in [-0.2, -0.15) is 0 Å². The lowest BCUT2D eigenvalue weighted by Gasteiger charge is -2.36. The van der Waals surface area contributed by atoms with Gasteiger partial charge in [-0.25, -0.2) is 0 Å². The van der Waals surface area contributed by atoms with E-state index in [1.54, 1.807) is 0 Å². The van der Waals surface area contributed by atoms with Gasteiger partial charge < -0.3 is 9.80 Å². The van der Waals surface area contributed by atoms with E-state index < -0.39 is 0 Å². The number of nitrogens with zero attached hydrogens (tertiary/aromatic N) is 3. The molecule has 0 aliphatic carbocycles. The van der Waals surface area contributed by atoms with Gasteiger partial charge in [-0.15, -0.1) is 0 Å². The Kier molecular flexibility index (Phi) is 6.79. The Labute approximate surface area is 151 Å². The summed E-state index contributed by atoms with van der Waals surface area (Å²) in [4.78, 5) is 9.21. The minimum absolute atomic E-state index is 0.111. The number of benzene rings is 1. The van der Waals surface area contributed by atoms with Crippen molar-refractivity contribution in [1.82, 2.24) is 14.8 Å². The summed E-state index contributed by atoms with van der Waals surface area (Å²) in [7, 11) is 8.49. The predicted octanol–water partition coefficient (Wildman–Crippen LogP) is 3.92. The first-order valence-electron chi connectivity index (χ1n) is 8.41. The predicted molar refractivity (Wildman–Crippen MR) is 103 cm³/mol. The second kappa shape index (κ2) is 8.61. The van der Waals surface area contributed by atoms with Crippen LogP contribution in [0.2, 0.25) is 5.02 Å². The Bertz CT molecular complexity index is 597. The van der Waals surface area contributed by atoms with Crippen LogP contribution in [-0.2, 0) is 5.41 Å². The zero-order chi connectivity index (χ0) is 17.6. The summed E-state index contributed by atoms with van der Waals surface area (Å²) >= 11 is 6.13. The van der Waals surface area contributed by atoms with Gasteiger partial charge in [0.1, 0.15) is 0 Å². The Hall–Kier alpha value is -1.42. The monoisotopic (exact) mass is 345 g/mol. The molecule has 0 radical (unpaired) electrons. The standard InChI is InChI=1S/C20H28ClN3/c1-23(2)15-12-20(13-16-24(3)4,19-7-5-6-14-22-19)17-8-10-18(21)11-9-17/h5-11,14H,12-13,15-16H2,1-4H3. The number of hydrogen-bond acceptors (Lipinski definition) is 3. The lowest BCUT2D eigenvalue weighted by atomic mass is 9.71. The van der Waals surface area contributed by atoms with Crippen molar-refractivity contribution >= 4 is 11.6 Å². The molecule has 0 N–H and O–H groups in total. The van der Waals surface area contributed by atoms with Crippen LogP contribution in [0.1, 0.15) is 24.1 Å². The topological polar surface area (TPSA) is 19.4 Å². The van der Waals surface area contributed by atoms with Crippen molar-refractivity contribution in [2.24, 2.45) is 0 Å². The molecule has 3 nitrogen and oxygen atoms in total. The van der Waals surface area contributed by atoms with Crippen LogP contribution in [0, 0.1) is 0 Å². The summed E-state index contributed by atoms with van der Waals surface area (Å²) in [6, 6.07) is 14.5. The molecule has 0 amide bonds. The van der Waals surface area contributed by atoms with Crippen LogP contribution in [0.4, 0.5) is 0 Å². The Morgan fingerprint density at radius 1 is 0.875 bits per heavy atom. The normalized spacial score (nSPS) is 12.1. The molecule has 130 valence electrons. The summed E-state index contributed by atoms with van der Waals surface area (Å²) in [5.41, 5.74) is 2.31. The molecular weight excluding hydrogens is 318 g/mol. The van der Waals surface area contributed by atoms with E-state index >= 15 is 0 Å². The molecular formula is C20H28ClN3. The van der Waals surface area contributed by atoms with Crippen molar-refractivity contribution in [2.45, 2.75) is 18.3 Å². The van der Waals surface area contributed by atoms with Crippen molar-refractivity contribution in [3.63, 3.8) is 0 Å². The third-order valence-corrected chi connectivity index (χ3v) is 4.78. The summed E-state index contributed by atoms with van der Waals surface area (Å²) in [6.07, 6.45) is 3.93. The fourth-order valence-corrected chi connectivity index (χ4v) is 3.19. The second-order valence-corrected chi connectivity index (χ2v) is 7.35. The first-order valence-corrected chi connectivity index (χ1v) is 8.79. The molecule has 0 aliphatic rings. The van der Waals surface area contributed by atoms with E-state index in [4.69, 9.17) is 16.6 Å². The zero-order valence-electron chi connectivity index (χ0n) is 15.2. The van der Waals surface area contributed by atoms with Crippen molar-refractivity contribution in [1.29, 1.82) is 0 Å². The minimum atomic E-state index is -0.111. The molecule has 0 bridgehead atoms. The van der Waals surface area contributed by atoms with Gasteiger partial charge >= 0.3 is 0 Å². The first-order chi connectivity index (χ1) is 11.4. The van der Waals surface area contributed by atoms with E-state index in [0.29, 0.717) is 0 Å². The lowest BCUT2D eigenvalue weighted by molar-refractivity contribution is 0.292. The highest BCUT2D eigenvalue weighted by Gasteiger charge is 2.35. The van der Waals surface area contributed by atoms with Crippen LogP contribution in [0.25, 0.3) is 0 Å². The highest BCUT2D eigenvalue weighted by molar-refractivity contribution is 6.30. The van der Waals surface area contributed by atoms with Crippen molar-refractivity contribution in [2.75, 3.05) is 41.3 Å². The summed E-state index contributed by atoms with van der Waals surface area (Å²) in [6.45, 7) is 2.01. The largest absolute Gasteiger partial charge is 0.309 e. The highest BCUT2D eigenvalue weighted by atomic mass is 35.5. The van der Waals surface area contributed by atoms with Gasteiger partial charge in [-0.3, -0.25) is 4.98 Å². The number of halogens is 1. The molecule has 0 saturated heterocycles. The van der Waals surface area contributed by atoms with Crippen LogP contribution in [0.15, 0.2) is 48.7 Å². The van der Waals surface area contributed by atoms with Crippen molar-refractivity contribution in [3.05, 3.63) is 64.9 Å². The Morgan fingerprint density at radius 3 is 1.92 bits per heavy atom. The summed E-state index contributed by atoms with van der Waals surface area (Å²) in [5.74, 6) is 0. The second-order valence-electron chi connectivity index (χ2n) is 6.91. The number of rotatable bonds is 8. The summed E-state index contributed by atoms with van der Waals surface area (Å²) in [5, 5.41) is 0.772. The van der Waals surface area contributed by atoms with Gasteiger partial charge in [0.2, 0.25) is 0 Å². The molecule has 1 heterocycles. The number of pyridine rings is 1. The van der Waals surface area contributed by atoms with Gasteiger partial charge in [0.25, 0.3) is 0 Å². The smallest absolute Gasteiger partial charge is 0.0510 e. The molecule has 2 aromatic rings. The zero-order valence-corrected chi connectivity index (χ0v) is 15.9. The van der Waals surface area contributed by atoms with Crippen molar-refractivity contribution < 1.29 is 0 Å². The Balaban J connectivity index is 2.51. The fourth-order valence-electron chi connectivity index (χ4n) is 3.06. The molecule has 2 rings (SSSR count). The van der Waals surface area contributed by atoms with Gasteiger partial charge in [0.05, 0.1) is 5.69 Å². The van der Waals surface area contributed by atoms with E-state index in [1.807, 2.05) is 24.4 Å².